The van der Waals surface area contributed by atoms with E-state index in [1.807, 2.05) is 47.0 Å². The van der Waals surface area contributed by atoms with E-state index in [-0.39, 0.29) is 35.7 Å². The summed E-state index contributed by atoms with van der Waals surface area (Å²) in [7, 11) is 1.58. The molecule has 1 aliphatic carbocycles. The minimum absolute atomic E-state index is 0.0169. The Balaban J connectivity index is 1.58. The highest BCUT2D eigenvalue weighted by atomic mass is 32.2. The fraction of sp³-hybridized carbons (Fsp3) is 0.387. The molecule has 0 saturated carbocycles. The molecule has 2 atom stereocenters. The molecule has 2 amide bonds. The maximum atomic E-state index is 13.5. The lowest BCUT2D eigenvalue weighted by molar-refractivity contribution is 0.171. The van der Waals surface area contributed by atoms with Gasteiger partial charge in [0.05, 0.1) is 50.2 Å². The summed E-state index contributed by atoms with van der Waals surface area (Å²) < 4.78 is 15.4. The Morgan fingerprint density at radius 3 is 2.57 bits per heavy atom. The van der Waals surface area contributed by atoms with Crippen molar-refractivity contribution in [3.63, 3.8) is 0 Å². The van der Waals surface area contributed by atoms with Gasteiger partial charge in [0.25, 0.3) is 0 Å². The van der Waals surface area contributed by atoms with Crippen LogP contribution in [-0.2, 0) is 5.41 Å². The van der Waals surface area contributed by atoms with Crippen molar-refractivity contribution in [2.75, 3.05) is 36.1 Å². The molecule has 0 spiro atoms. The molecule has 1 aliphatic rings. The zero-order valence-electron chi connectivity index (χ0n) is 24.7. The average molecular weight is 593 g/mol. The lowest BCUT2D eigenvalue weighted by Crippen LogP contribution is -2.36. The number of methoxy groups -OCH3 is 1. The largest absolute Gasteiger partial charge is 0.492 e. The minimum atomic E-state index is -0.347. The number of hydrogen-bond acceptors (Lipinski definition) is 8. The Labute approximate surface area is 251 Å². The number of anilines is 2. The van der Waals surface area contributed by atoms with Crippen LogP contribution < -0.4 is 29.9 Å². The molecule has 1 heterocycles. The molecular weight excluding hydrogens is 552 g/mol. The second kappa shape index (κ2) is 13.3. The summed E-state index contributed by atoms with van der Waals surface area (Å²) in [4.78, 5) is 13.5. The summed E-state index contributed by atoms with van der Waals surface area (Å²) in [5.74, 6) is 1.10. The van der Waals surface area contributed by atoms with Crippen LogP contribution in [0.5, 0.6) is 11.5 Å². The molecule has 0 saturated heterocycles. The number of fused-ring (bicyclic) bond motifs is 1. The molecule has 0 aliphatic heterocycles. The van der Waals surface area contributed by atoms with Gasteiger partial charge >= 0.3 is 6.03 Å². The molecular formula is C31H40N6O4S. The van der Waals surface area contributed by atoms with Gasteiger partial charge in [-0.05, 0) is 59.2 Å². The predicted molar refractivity (Wildman–Crippen MR) is 168 cm³/mol. The van der Waals surface area contributed by atoms with Crippen molar-refractivity contribution in [2.24, 2.45) is 0 Å². The minimum Gasteiger partial charge on any atom is -0.492 e. The Morgan fingerprint density at radius 1 is 1.19 bits per heavy atom. The van der Waals surface area contributed by atoms with Crippen LogP contribution in [0.1, 0.15) is 62.4 Å². The number of nitrogens with one attached hydrogen (secondary N) is 4. The number of carbonyl (C=O) groups is 1. The SMILES string of the molecule is COc1c(NC(=O)NC2CCC(Oc3ccc(=N)n(C=N)c3)c3ccccc32)cc(C(C)(C)C)cc1N(CCO)SC. The van der Waals surface area contributed by atoms with Crippen LogP contribution in [0.4, 0.5) is 16.2 Å². The zero-order valence-corrected chi connectivity index (χ0v) is 25.5. The molecule has 224 valence electrons. The number of urea groups is 1. The van der Waals surface area contributed by atoms with E-state index in [4.69, 9.17) is 20.3 Å². The lowest BCUT2D eigenvalue weighted by atomic mass is 9.85. The van der Waals surface area contributed by atoms with Crippen molar-refractivity contribution >= 4 is 35.7 Å². The second-order valence-electron chi connectivity index (χ2n) is 11.1. The van der Waals surface area contributed by atoms with Crippen molar-refractivity contribution in [2.45, 2.75) is 51.2 Å². The first-order valence-electron chi connectivity index (χ1n) is 13.8. The Kier molecular flexibility index (Phi) is 9.85. The molecule has 2 unspecified atom stereocenters. The van der Waals surface area contributed by atoms with Gasteiger partial charge in [-0.15, -0.1) is 0 Å². The third-order valence-corrected chi connectivity index (χ3v) is 8.11. The smallest absolute Gasteiger partial charge is 0.319 e. The van der Waals surface area contributed by atoms with Crippen molar-refractivity contribution in [1.29, 1.82) is 10.8 Å². The van der Waals surface area contributed by atoms with E-state index in [9.17, 15) is 9.90 Å². The van der Waals surface area contributed by atoms with Crippen LogP contribution >= 0.6 is 11.9 Å². The topological polar surface area (TPSA) is 136 Å². The number of aromatic nitrogens is 1. The number of nitrogens with zero attached hydrogens (tertiary/aromatic N) is 2. The summed E-state index contributed by atoms with van der Waals surface area (Å²) >= 11 is 1.48. The van der Waals surface area contributed by atoms with Gasteiger partial charge in [0.1, 0.15) is 17.3 Å². The van der Waals surface area contributed by atoms with Crippen LogP contribution in [0.3, 0.4) is 0 Å². The molecule has 11 heteroatoms. The number of amides is 2. The number of ether oxygens (including phenoxy) is 2. The van der Waals surface area contributed by atoms with Crippen molar-refractivity contribution in [3.05, 3.63) is 76.9 Å². The third-order valence-electron chi connectivity index (χ3n) is 7.29. The van der Waals surface area contributed by atoms with Gasteiger partial charge in [-0.1, -0.05) is 57.0 Å². The highest BCUT2D eigenvalue weighted by molar-refractivity contribution is 8.00. The Bertz CT molecular complexity index is 1480. The highest BCUT2D eigenvalue weighted by Crippen LogP contribution is 2.43. The zero-order chi connectivity index (χ0) is 30.4. The molecule has 0 bridgehead atoms. The van der Waals surface area contributed by atoms with Gasteiger partial charge in [-0.3, -0.25) is 15.4 Å². The summed E-state index contributed by atoms with van der Waals surface area (Å²) in [6, 6.07) is 14.7. The van der Waals surface area contributed by atoms with Crippen molar-refractivity contribution in [1.82, 2.24) is 9.88 Å². The molecule has 2 aromatic carbocycles. The van der Waals surface area contributed by atoms with E-state index in [0.29, 0.717) is 36.6 Å². The first-order chi connectivity index (χ1) is 20.1. The second-order valence-corrected chi connectivity index (χ2v) is 11.9. The van der Waals surface area contributed by atoms with Crippen LogP contribution in [-0.4, -0.2) is 48.6 Å². The van der Waals surface area contributed by atoms with E-state index >= 15 is 0 Å². The first-order valence-corrected chi connectivity index (χ1v) is 15.0. The number of pyridine rings is 1. The molecule has 3 aromatic rings. The van der Waals surface area contributed by atoms with Crippen LogP contribution in [0.2, 0.25) is 0 Å². The number of rotatable bonds is 10. The van der Waals surface area contributed by atoms with Gasteiger partial charge in [-0.2, -0.15) is 0 Å². The van der Waals surface area contributed by atoms with E-state index in [1.54, 1.807) is 25.4 Å². The predicted octanol–water partition coefficient (Wildman–Crippen LogP) is 5.58. The van der Waals surface area contributed by atoms with Crippen LogP contribution in [0, 0.1) is 10.8 Å². The Hall–Kier alpha value is -3.96. The standard InChI is InChI=1S/C31H40N6O4S/c1-31(2,3)20-16-25(29(40-4)26(17-20)37(42-5)14-15-38)35-30(39)34-24-11-12-27(23-9-7-6-8-22(23)24)41-21-10-13-28(33)36(18-21)19-32/h6-10,13,16-19,24,27,32-33,38H,11-12,14-15H2,1-5H3,(H2,34,35,39). The van der Waals surface area contributed by atoms with E-state index < -0.39 is 0 Å². The molecule has 42 heavy (non-hydrogen) atoms. The maximum absolute atomic E-state index is 13.5. The fourth-order valence-electron chi connectivity index (χ4n) is 5.12. The van der Waals surface area contributed by atoms with Crippen molar-refractivity contribution < 1.29 is 19.4 Å². The quantitative estimate of drug-likeness (QED) is 0.118. The van der Waals surface area contributed by atoms with Gasteiger partial charge in [0.2, 0.25) is 0 Å². The van der Waals surface area contributed by atoms with E-state index in [0.717, 1.165) is 28.7 Å². The van der Waals surface area contributed by atoms with E-state index in [1.165, 1.54) is 16.5 Å². The first kappa shape index (κ1) is 31.0. The third kappa shape index (κ3) is 6.91. The molecule has 10 nitrogen and oxygen atoms in total. The summed E-state index contributed by atoms with van der Waals surface area (Å²) in [5.41, 5.74) is 4.34. The lowest BCUT2D eigenvalue weighted by Gasteiger charge is -2.32. The molecule has 5 N–H and O–H groups in total. The normalized spacial score (nSPS) is 16.2. The van der Waals surface area contributed by atoms with Gasteiger partial charge < -0.3 is 29.5 Å². The number of carbonyl (C=O) groups excluding carboxylic acids is 1. The molecule has 1 aromatic heterocycles. The number of hydrogen-bond donors (Lipinski definition) is 5. The Morgan fingerprint density at radius 2 is 1.93 bits per heavy atom. The number of benzene rings is 2. The molecule has 0 fully saturated rings. The van der Waals surface area contributed by atoms with Crippen molar-refractivity contribution in [3.8, 4) is 11.5 Å². The van der Waals surface area contributed by atoms with Gasteiger partial charge in [0.15, 0.2) is 5.75 Å². The number of aliphatic hydroxyl groups excluding tert-OH is 1. The van der Waals surface area contributed by atoms with Gasteiger partial charge in [-0.25, -0.2) is 4.79 Å². The average Bonchev–Trinajstić information content (AvgIpc) is 2.97. The molecule has 0 radical (unpaired) electrons. The van der Waals surface area contributed by atoms with Crippen LogP contribution in [0.25, 0.3) is 0 Å². The summed E-state index contributed by atoms with van der Waals surface area (Å²) in [6.45, 7) is 6.73. The number of aliphatic hydroxyl groups is 1. The van der Waals surface area contributed by atoms with Gasteiger partial charge in [0, 0.05) is 6.26 Å². The maximum Gasteiger partial charge on any atom is 0.319 e. The fourth-order valence-corrected chi connectivity index (χ4v) is 5.71. The highest BCUT2D eigenvalue weighted by Gasteiger charge is 2.30. The monoisotopic (exact) mass is 592 g/mol. The summed E-state index contributed by atoms with van der Waals surface area (Å²) in [6.07, 6.45) is 5.74. The van der Waals surface area contributed by atoms with E-state index in [2.05, 4.69) is 31.4 Å². The summed E-state index contributed by atoms with van der Waals surface area (Å²) in [5, 5.41) is 31.2. The molecule has 4 rings (SSSR count). The van der Waals surface area contributed by atoms with Crippen LogP contribution in [0.15, 0.2) is 54.7 Å².